The second kappa shape index (κ2) is 44.5. The molecule has 0 unspecified atom stereocenters. The van der Waals surface area contributed by atoms with E-state index >= 15 is 14.4 Å². The van der Waals surface area contributed by atoms with E-state index in [1.807, 2.05) is 26.1 Å². The van der Waals surface area contributed by atoms with E-state index in [2.05, 4.69) is 58.2 Å². The maximum Gasteiger partial charge on any atom is 0.490 e. The molecule has 12 amide bonds. The third kappa shape index (κ3) is 35.8. The van der Waals surface area contributed by atoms with Gasteiger partial charge in [-0.1, -0.05) is 102 Å². The Bertz CT molecular complexity index is 3230. The van der Waals surface area contributed by atoms with Gasteiger partial charge in [-0.15, -0.1) is 0 Å². The van der Waals surface area contributed by atoms with Crippen molar-refractivity contribution in [3.05, 3.63) is 29.8 Å². The Hall–Kier alpha value is -9.75. The molecule has 1 aliphatic heterocycles. The van der Waals surface area contributed by atoms with E-state index in [0.29, 0.717) is 0 Å². The molecule has 0 bridgehead atoms. The number of guanidine groups is 1. The number of halogens is 6. The molecule has 1 fully saturated rings. The Morgan fingerprint density at radius 3 is 1.52 bits per heavy atom. The molecule has 0 aromatic heterocycles. The van der Waals surface area contributed by atoms with E-state index in [4.69, 9.17) is 47.5 Å². The number of hydrogen-bond acceptors (Lipinski definition) is 21. The number of amides is 12. The molecule has 2 rings (SSSR count). The fourth-order valence-corrected chi connectivity index (χ4v) is 9.79. The monoisotopic (exact) mass is 1560 g/mol. The van der Waals surface area contributed by atoms with Crippen LogP contribution in [0.3, 0.4) is 0 Å². The van der Waals surface area contributed by atoms with Gasteiger partial charge < -0.3 is 117 Å². The van der Waals surface area contributed by atoms with E-state index in [9.17, 15) is 89.9 Å². The number of carbonyl (C=O) groups is 14. The summed E-state index contributed by atoms with van der Waals surface area (Å²) in [5.41, 5.74) is 21.6. The molecule has 25 N–H and O–H groups in total. The first-order chi connectivity index (χ1) is 49.4. The lowest BCUT2D eigenvalue weighted by molar-refractivity contribution is -0.193. The van der Waals surface area contributed by atoms with Crippen molar-refractivity contribution < 1.29 is 129 Å². The molecule has 0 aliphatic carbocycles. The zero-order chi connectivity index (χ0) is 84.0. The minimum Gasteiger partial charge on any atom is -0.497 e. The normalized spacial score (nSPS) is 22.7. The lowest BCUT2D eigenvalue weighted by Gasteiger charge is -2.35. The van der Waals surface area contributed by atoms with Crippen LogP contribution in [0, 0.1) is 28.6 Å². The number of aliphatic carboxylic acids is 2. The van der Waals surface area contributed by atoms with Crippen molar-refractivity contribution in [1.29, 1.82) is 0 Å². The number of alkyl halides is 6. The molecule has 614 valence electrons. The maximum atomic E-state index is 15.6. The molecule has 1 aromatic rings. The first-order valence-corrected chi connectivity index (χ1v) is 33.7. The van der Waals surface area contributed by atoms with E-state index in [0.717, 1.165) is 6.92 Å². The molecule has 0 spiro atoms. The highest BCUT2D eigenvalue weighted by Gasteiger charge is 2.44. The van der Waals surface area contributed by atoms with E-state index in [1.165, 1.54) is 45.2 Å². The summed E-state index contributed by atoms with van der Waals surface area (Å²) in [6.07, 6.45) is -16.3. The number of carboxylic acid groups (broad SMARTS) is 2. The Morgan fingerprint density at radius 2 is 1.07 bits per heavy atom. The lowest BCUT2D eigenvalue weighted by Crippen LogP contribution is -2.65. The Morgan fingerprint density at radius 1 is 0.611 bits per heavy atom. The Labute approximate surface area is 618 Å². The van der Waals surface area contributed by atoms with Crippen LogP contribution in [0.4, 0.5) is 26.3 Å². The Kier molecular flexibility index (Phi) is 40.5. The summed E-state index contributed by atoms with van der Waals surface area (Å²) in [7, 11) is 1.33. The van der Waals surface area contributed by atoms with Gasteiger partial charge in [-0.05, 0) is 85.3 Å². The zero-order valence-electron chi connectivity index (χ0n) is 62.3. The number of nitrogens with zero attached hydrogens (tertiary/aromatic N) is 1. The van der Waals surface area contributed by atoms with Gasteiger partial charge in [0.1, 0.15) is 60.1 Å². The van der Waals surface area contributed by atoms with Crippen LogP contribution in [0.25, 0.3) is 0 Å². The minimum atomic E-state index is -5.08. The SMILES string of the molecule is CC[C@H](C)[C@@H]1NC(=O)[C@@H](CCCN=C(N)N)NC(=O)[C@H](CC(C)C)NC(=O)[C@H]([C@H](O)C(C)C)NC(=O)[C@@H](NC(=O)[C@H](CC(C)(C)C)NC(=O)[C@H](N)CC(C)(C)C)[C@@H](c2ccc(OC)cc2)NC(=O)[C@H](CO)NC(=O)[C@H]([C@H](O)C(N)=O)NC(=O)CNC(=O)[C@H]([C@H](C)O)NC1=O.O=C(O)C(F)(F)F.O=C(O)C(F)(F)F. The summed E-state index contributed by atoms with van der Waals surface area (Å²) < 4.78 is 68.8. The molecule has 15 atom stereocenters. The molecule has 0 radical (unpaired) electrons. The Balaban J connectivity index is 0.00000739. The number of ether oxygens (including phenoxy) is 1. The third-order valence-corrected chi connectivity index (χ3v) is 15.6. The first kappa shape index (κ1) is 98.2. The van der Waals surface area contributed by atoms with Gasteiger partial charge in [-0.3, -0.25) is 62.5 Å². The van der Waals surface area contributed by atoms with Crippen LogP contribution in [-0.4, -0.2) is 237 Å². The molecule has 1 heterocycles. The van der Waals surface area contributed by atoms with Gasteiger partial charge in [0.2, 0.25) is 70.9 Å². The van der Waals surface area contributed by atoms with Crippen molar-refractivity contribution in [3.8, 4) is 5.75 Å². The van der Waals surface area contributed by atoms with Crippen LogP contribution < -0.4 is 86.2 Å². The molecular formula is C65H106F6N16O21. The van der Waals surface area contributed by atoms with Crippen LogP contribution in [-0.2, 0) is 67.1 Å². The van der Waals surface area contributed by atoms with Crippen molar-refractivity contribution in [2.75, 3.05) is 26.8 Å². The second-order valence-corrected chi connectivity index (χ2v) is 28.4. The van der Waals surface area contributed by atoms with Gasteiger partial charge in [-0.2, -0.15) is 26.3 Å². The van der Waals surface area contributed by atoms with Gasteiger partial charge in [-0.25, -0.2) is 9.59 Å². The van der Waals surface area contributed by atoms with Gasteiger partial charge in [0.25, 0.3) is 0 Å². The van der Waals surface area contributed by atoms with Gasteiger partial charge in [0, 0.05) is 6.54 Å². The lowest BCUT2D eigenvalue weighted by atomic mass is 9.86. The van der Waals surface area contributed by atoms with Crippen molar-refractivity contribution in [2.24, 2.45) is 56.5 Å². The quantitative estimate of drug-likeness (QED) is 0.0229. The molecule has 1 aromatic carbocycles. The van der Waals surface area contributed by atoms with Crippen LogP contribution >= 0.6 is 0 Å². The summed E-state index contributed by atoms with van der Waals surface area (Å²) in [5.74, 6) is -21.8. The largest absolute Gasteiger partial charge is 0.497 e. The van der Waals surface area contributed by atoms with Crippen LogP contribution in [0.1, 0.15) is 140 Å². The molecule has 37 nitrogen and oxygen atoms in total. The molecule has 1 saturated heterocycles. The summed E-state index contributed by atoms with van der Waals surface area (Å²) >= 11 is 0. The smallest absolute Gasteiger partial charge is 0.490 e. The van der Waals surface area contributed by atoms with Crippen LogP contribution in [0.2, 0.25) is 0 Å². The summed E-state index contributed by atoms with van der Waals surface area (Å²) in [4.78, 5) is 193. The van der Waals surface area contributed by atoms with Gasteiger partial charge >= 0.3 is 24.3 Å². The maximum absolute atomic E-state index is 15.6. The standard InChI is InChI=1S/C61H104N16O17.2C2HF3O2/c1-15-30(6)40-55(90)74-41(31(7)79)54(89)67-26-39(80)72-45(47(82)48(63)83)58(93)71-38(27-78)53(88)75-42(32-18-20-33(94-14)21-19-32)43(76-52(87)37(25-61(11,12)13)70-49(84)34(62)24-60(8,9)10)56(91)77-44(46(81)29(4)5)57(92)69-36(23-28(2)3)51(86)68-35(50(85)73-40)17-16-22-66-59(64)65;2*3-2(4,5)1(6)7/h18-21,28-31,34-38,40-47,78-79,81-82H,15-17,22-27,62H2,1-14H3,(H2,63,83)(H,67,89)(H,68,86)(H,69,92)(H,70,84)(H,71,93)(H,72,80)(H,73,85)(H,74,90)(H,75,88)(H,76,87)(H,77,91)(H4,64,65,66);2*(H,6,7)/t30-,31-,34+,35+,36-,37-,38-,40-,41-,42+,43-,44-,45-,46+,47-;;/m0../s1. The van der Waals surface area contributed by atoms with E-state index in [1.54, 1.807) is 48.5 Å². The highest BCUT2D eigenvalue weighted by atomic mass is 19.4. The van der Waals surface area contributed by atoms with E-state index < -0.39 is 216 Å². The van der Waals surface area contributed by atoms with E-state index in [-0.39, 0.29) is 68.3 Å². The fraction of sp³-hybridized carbons (Fsp3) is 0.677. The van der Waals surface area contributed by atoms with Crippen LogP contribution in [0.15, 0.2) is 29.3 Å². The predicted octanol–water partition coefficient (Wildman–Crippen LogP) is -3.81. The van der Waals surface area contributed by atoms with Gasteiger partial charge in [0.05, 0.1) is 44.6 Å². The average Bonchev–Trinajstić information content (AvgIpc) is 0.809. The molecule has 1 aliphatic rings. The molecular weight excluding hydrogens is 1450 g/mol. The number of nitrogens with one attached hydrogen (secondary N) is 11. The number of hydrogen-bond donors (Lipinski definition) is 21. The molecule has 0 saturated carbocycles. The average molecular weight is 1560 g/mol. The number of aliphatic imine (C=N–C) groups is 1. The number of benzene rings is 1. The number of methoxy groups -OCH3 is 1. The third-order valence-electron chi connectivity index (χ3n) is 15.6. The highest BCUT2D eigenvalue weighted by molar-refractivity contribution is 6.01. The van der Waals surface area contributed by atoms with Crippen LogP contribution in [0.5, 0.6) is 5.75 Å². The fourth-order valence-electron chi connectivity index (χ4n) is 9.79. The topological polar surface area (TPSA) is 618 Å². The predicted molar refractivity (Wildman–Crippen MR) is 371 cm³/mol. The zero-order valence-corrected chi connectivity index (χ0v) is 62.3. The van der Waals surface area contributed by atoms with Crippen molar-refractivity contribution in [2.45, 2.75) is 226 Å². The number of aliphatic hydroxyl groups is 4. The molecule has 43 heteroatoms. The minimum absolute atomic E-state index is 0.0268. The molecule has 108 heavy (non-hydrogen) atoms. The number of primary amides is 1. The van der Waals surface area contributed by atoms with Crippen molar-refractivity contribution in [1.82, 2.24) is 58.5 Å². The summed E-state index contributed by atoms with van der Waals surface area (Å²) in [5, 5.41) is 85.5. The number of rotatable bonds is 22. The van der Waals surface area contributed by atoms with Gasteiger partial charge in [0.15, 0.2) is 12.1 Å². The summed E-state index contributed by atoms with van der Waals surface area (Å²) in [6, 6.07) is -14.2. The first-order valence-electron chi connectivity index (χ1n) is 33.7. The summed E-state index contributed by atoms with van der Waals surface area (Å²) in [6.45, 7) is 19.1. The number of carboxylic acids is 2. The van der Waals surface area contributed by atoms with Crippen molar-refractivity contribution >= 4 is 88.8 Å². The number of nitrogens with two attached hydrogens (primary N) is 4. The number of carbonyl (C=O) groups excluding carboxylic acids is 12. The second-order valence-electron chi connectivity index (χ2n) is 28.4. The van der Waals surface area contributed by atoms with Crippen molar-refractivity contribution in [3.63, 3.8) is 0 Å². The highest BCUT2D eigenvalue weighted by Crippen LogP contribution is 2.26. The number of aliphatic hydroxyl groups excluding tert-OH is 4.